The lowest BCUT2D eigenvalue weighted by Gasteiger charge is -2.63. The standard InChI is InChI=1S/C14H21N5O/c1-2-13-4-9-3-10(5-13)7-14(6-9,8-13)11(20)15-12-16-18-19-17-12/h9-10H,2-8H2,1H3,(H2,15,16,17,18,19,20)/p-1/t9-,10+,13?,14?. The molecule has 0 aliphatic heterocycles. The number of hydrogen-bond acceptors (Lipinski definition) is 5. The summed E-state index contributed by atoms with van der Waals surface area (Å²) in [5, 5.41) is 26.1. The maximum Gasteiger partial charge on any atom is 0.287 e. The van der Waals surface area contributed by atoms with Crippen molar-refractivity contribution in [2.45, 2.75) is 51.9 Å². The SMILES string of the molecule is CCC12C[C@H]3C[C@@H](C1)CC(C([O-])=Nc1nn[nH]n1)(C3)C2. The minimum atomic E-state index is -0.235. The number of H-pyrrole nitrogens is 1. The molecule has 6 heteroatoms. The van der Waals surface area contributed by atoms with Gasteiger partial charge in [0.1, 0.15) is 0 Å². The van der Waals surface area contributed by atoms with Crippen LogP contribution in [0.3, 0.4) is 0 Å². The highest BCUT2D eigenvalue weighted by Gasteiger charge is 2.57. The van der Waals surface area contributed by atoms with Crippen molar-refractivity contribution in [2.24, 2.45) is 27.7 Å². The summed E-state index contributed by atoms with van der Waals surface area (Å²) in [7, 11) is 0. The van der Waals surface area contributed by atoms with Gasteiger partial charge in [0.05, 0.1) is 0 Å². The Balaban J connectivity index is 1.70. The van der Waals surface area contributed by atoms with E-state index in [0.29, 0.717) is 5.41 Å². The average molecular weight is 274 g/mol. The second-order valence-corrected chi connectivity index (χ2v) is 7.22. The van der Waals surface area contributed by atoms with Crippen LogP contribution in [0.2, 0.25) is 0 Å². The van der Waals surface area contributed by atoms with Crippen LogP contribution in [0.15, 0.2) is 4.99 Å². The third-order valence-electron chi connectivity index (χ3n) is 5.92. The summed E-state index contributed by atoms with van der Waals surface area (Å²) < 4.78 is 0. The van der Waals surface area contributed by atoms with E-state index in [4.69, 9.17) is 0 Å². The normalized spacial score (nSPS) is 43.1. The summed E-state index contributed by atoms with van der Waals surface area (Å²) >= 11 is 0. The molecule has 6 nitrogen and oxygen atoms in total. The maximum absolute atomic E-state index is 12.7. The van der Waals surface area contributed by atoms with Gasteiger partial charge in [-0.05, 0) is 72.3 Å². The van der Waals surface area contributed by atoms with Gasteiger partial charge in [-0.1, -0.05) is 18.4 Å². The molecule has 0 saturated heterocycles. The van der Waals surface area contributed by atoms with Crippen LogP contribution in [0.4, 0.5) is 5.95 Å². The van der Waals surface area contributed by atoms with Crippen molar-refractivity contribution in [3.63, 3.8) is 0 Å². The van der Waals surface area contributed by atoms with E-state index in [0.717, 1.165) is 31.1 Å². The summed E-state index contributed by atoms with van der Waals surface area (Å²) in [6, 6.07) is 0. The first kappa shape index (κ1) is 12.3. The Bertz CT molecular complexity index is 524. The van der Waals surface area contributed by atoms with Gasteiger partial charge in [-0.3, -0.25) is 0 Å². The van der Waals surface area contributed by atoms with Crippen LogP contribution >= 0.6 is 0 Å². The minimum absolute atomic E-state index is 0.00850. The number of aromatic nitrogens is 4. The topological polar surface area (TPSA) is 89.9 Å². The minimum Gasteiger partial charge on any atom is -0.861 e. The summed E-state index contributed by atoms with van der Waals surface area (Å²) in [6.07, 6.45) is 8.20. The monoisotopic (exact) mass is 274 g/mol. The van der Waals surface area contributed by atoms with Crippen molar-refractivity contribution >= 4 is 11.8 Å². The second-order valence-electron chi connectivity index (χ2n) is 7.22. The molecule has 2 unspecified atom stereocenters. The molecule has 0 radical (unpaired) electrons. The van der Waals surface area contributed by atoms with E-state index in [1.54, 1.807) is 0 Å². The molecular weight excluding hydrogens is 254 g/mol. The summed E-state index contributed by atoms with van der Waals surface area (Å²) in [5.41, 5.74) is 0.160. The highest BCUT2D eigenvalue weighted by Crippen LogP contribution is 2.66. The highest BCUT2D eigenvalue weighted by molar-refractivity contribution is 5.81. The Morgan fingerprint density at radius 2 is 2.10 bits per heavy atom. The Morgan fingerprint density at radius 3 is 2.70 bits per heavy atom. The molecule has 4 aliphatic rings. The third-order valence-corrected chi connectivity index (χ3v) is 5.92. The molecule has 1 aromatic rings. The molecule has 4 saturated carbocycles. The van der Waals surface area contributed by atoms with Crippen molar-refractivity contribution in [1.82, 2.24) is 20.6 Å². The van der Waals surface area contributed by atoms with E-state index in [-0.39, 0.29) is 17.3 Å². The Morgan fingerprint density at radius 1 is 1.35 bits per heavy atom. The zero-order valence-electron chi connectivity index (χ0n) is 11.8. The molecule has 4 aliphatic carbocycles. The van der Waals surface area contributed by atoms with Crippen LogP contribution in [0.25, 0.3) is 0 Å². The fourth-order valence-corrected chi connectivity index (χ4v) is 5.53. The Labute approximate surface area is 118 Å². The van der Waals surface area contributed by atoms with Crippen LogP contribution in [0.1, 0.15) is 51.9 Å². The molecule has 5 rings (SSSR count). The largest absolute Gasteiger partial charge is 0.861 e. The van der Waals surface area contributed by atoms with Crippen molar-refractivity contribution in [2.75, 3.05) is 0 Å². The predicted molar refractivity (Wildman–Crippen MR) is 71.1 cm³/mol. The van der Waals surface area contributed by atoms with Gasteiger partial charge in [-0.2, -0.15) is 5.21 Å². The van der Waals surface area contributed by atoms with Crippen molar-refractivity contribution in [3.8, 4) is 0 Å². The first-order valence-corrected chi connectivity index (χ1v) is 7.63. The number of tetrazole rings is 1. The maximum atomic E-state index is 12.7. The van der Waals surface area contributed by atoms with Gasteiger partial charge in [0.15, 0.2) is 0 Å². The molecular formula is C14H20N5O-. The van der Waals surface area contributed by atoms with Gasteiger partial charge in [-0.15, -0.1) is 5.10 Å². The van der Waals surface area contributed by atoms with Gasteiger partial charge < -0.3 is 5.11 Å². The van der Waals surface area contributed by atoms with Crippen molar-refractivity contribution < 1.29 is 5.11 Å². The van der Waals surface area contributed by atoms with Crippen LogP contribution in [0, 0.1) is 22.7 Å². The molecule has 108 valence electrons. The zero-order chi connectivity index (χ0) is 13.8. The zero-order valence-corrected chi connectivity index (χ0v) is 11.8. The number of aromatic amines is 1. The van der Waals surface area contributed by atoms with Crippen LogP contribution < -0.4 is 5.11 Å². The number of nitrogens with one attached hydrogen (secondary N) is 1. The van der Waals surface area contributed by atoms with Crippen LogP contribution in [0.5, 0.6) is 0 Å². The molecule has 1 aromatic heterocycles. The highest BCUT2D eigenvalue weighted by atomic mass is 16.3. The van der Waals surface area contributed by atoms with E-state index in [9.17, 15) is 5.11 Å². The van der Waals surface area contributed by atoms with Gasteiger partial charge >= 0.3 is 0 Å². The molecule has 4 fully saturated rings. The van der Waals surface area contributed by atoms with E-state index in [2.05, 4.69) is 32.5 Å². The second kappa shape index (κ2) is 4.02. The van der Waals surface area contributed by atoms with E-state index < -0.39 is 0 Å². The summed E-state index contributed by atoms with van der Waals surface area (Å²) in [5.74, 6) is 1.61. The lowest BCUT2D eigenvalue weighted by atomic mass is 9.43. The molecule has 0 aromatic carbocycles. The molecule has 20 heavy (non-hydrogen) atoms. The molecule has 0 amide bonds. The average Bonchev–Trinajstić information content (AvgIpc) is 2.90. The predicted octanol–water partition coefficient (Wildman–Crippen LogP) is 1.59. The first-order chi connectivity index (χ1) is 9.63. The number of rotatable bonds is 3. The van der Waals surface area contributed by atoms with Gasteiger partial charge in [0.25, 0.3) is 5.95 Å². The number of aliphatic imine (C=N–C) groups is 1. The molecule has 0 spiro atoms. The first-order valence-electron chi connectivity index (χ1n) is 7.63. The van der Waals surface area contributed by atoms with Crippen LogP contribution in [-0.2, 0) is 0 Å². The fraction of sp³-hybridized carbons (Fsp3) is 0.857. The third kappa shape index (κ3) is 1.70. The number of hydrogen-bond donors (Lipinski definition) is 1. The fourth-order valence-electron chi connectivity index (χ4n) is 5.53. The van der Waals surface area contributed by atoms with Crippen LogP contribution in [-0.4, -0.2) is 26.5 Å². The van der Waals surface area contributed by atoms with Gasteiger partial charge in [0, 0.05) is 0 Å². The number of nitrogens with zero attached hydrogens (tertiary/aromatic N) is 4. The van der Waals surface area contributed by atoms with Gasteiger partial charge in [-0.25, -0.2) is 4.99 Å². The van der Waals surface area contributed by atoms with E-state index in [1.807, 2.05) is 0 Å². The van der Waals surface area contributed by atoms with Crippen molar-refractivity contribution in [1.29, 1.82) is 0 Å². The lowest BCUT2D eigenvalue weighted by molar-refractivity contribution is -0.246. The Kier molecular flexibility index (Phi) is 2.47. The lowest BCUT2D eigenvalue weighted by Crippen LogP contribution is -2.57. The molecule has 4 bridgehead atoms. The summed E-state index contributed by atoms with van der Waals surface area (Å²) in [6.45, 7) is 2.28. The molecule has 1 heterocycles. The molecule has 4 atom stereocenters. The van der Waals surface area contributed by atoms with Gasteiger partial charge in [0.2, 0.25) is 0 Å². The van der Waals surface area contributed by atoms with E-state index in [1.165, 1.54) is 25.7 Å². The molecule has 1 N–H and O–H groups in total. The Hall–Kier alpha value is -1.46. The quantitative estimate of drug-likeness (QED) is 0.669. The van der Waals surface area contributed by atoms with Crippen molar-refractivity contribution in [3.05, 3.63) is 0 Å². The smallest absolute Gasteiger partial charge is 0.287 e. The van der Waals surface area contributed by atoms with E-state index >= 15 is 0 Å². The summed E-state index contributed by atoms with van der Waals surface area (Å²) in [4.78, 5) is 4.12.